The summed E-state index contributed by atoms with van der Waals surface area (Å²) in [6.45, 7) is 0.512. The van der Waals surface area contributed by atoms with E-state index in [0.717, 1.165) is 16.9 Å². The van der Waals surface area contributed by atoms with Gasteiger partial charge in [-0.15, -0.1) is 0 Å². The first-order valence-electron chi connectivity index (χ1n) is 9.97. The molecule has 0 atom stereocenters. The topological polar surface area (TPSA) is 73.9 Å². The van der Waals surface area contributed by atoms with E-state index < -0.39 is 5.97 Å². The molecule has 6 nitrogen and oxygen atoms in total. The molecule has 0 aliphatic heterocycles. The molecule has 0 aliphatic carbocycles. The lowest BCUT2D eigenvalue weighted by Gasteiger charge is -2.09. The van der Waals surface area contributed by atoms with E-state index in [1.54, 1.807) is 31.4 Å². The van der Waals surface area contributed by atoms with Crippen molar-refractivity contribution in [3.8, 4) is 11.5 Å². The van der Waals surface area contributed by atoms with Gasteiger partial charge in [-0.25, -0.2) is 4.79 Å². The Morgan fingerprint density at radius 1 is 0.839 bits per heavy atom. The molecule has 0 unspecified atom stereocenters. The molecule has 1 amide bonds. The molecule has 0 aliphatic rings. The molecule has 0 fully saturated rings. The molecule has 3 aromatic carbocycles. The fourth-order valence-electron chi connectivity index (χ4n) is 2.86. The van der Waals surface area contributed by atoms with Gasteiger partial charge in [-0.2, -0.15) is 0 Å². The Morgan fingerprint density at radius 2 is 1.61 bits per heavy atom. The zero-order valence-corrected chi connectivity index (χ0v) is 17.4. The number of carbonyl (C=O) groups excluding carboxylic acids is 2. The Labute approximate surface area is 181 Å². The summed E-state index contributed by atoms with van der Waals surface area (Å²) in [5.74, 6) is 0.422. The molecule has 0 aromatic heterocycles. The van der Waals surface area contributed by atoms with Gasteiger partial charge in [-0.1, -0.05) is 48.5 Å². The normalized spacial score (nSPS) is 10.2. The predicted octanol–water partition coefficient (Wildman–Crippen LogP) is 3.79. The monoisotopic (exact) mass is 419 g/mol. The van der Waals surface area contributed by atoms with Gasteiger partial charge in [0.1, 0.15) is 18.1 Å². The molecule has 160 valence electrons. The number of ether oxygens (including phenoxy) is 3. The van der Waals surface area contributed by atoms with Crippen LogP contribution in [0.4, 0.5) is 0 Å². The second kappa shape index (κ2) is 11.4. The van der Waals surface area contributed by atoms with Gasteiger partial charge in [0, 0.05) is 6.54 Å². The smallest absolute Gasteiger partial charge is 0.338 e. The SMILES string of the molecule is COc1ccc(CCNC(=O)COC(=O)c2cccc(OCc3ccccc3)c2)cc1. The summed E-state index contributed by atoms with van der Waals surface area (Å²) in [6, 6.07) is 24.1. The summed E-state index contributed by atoms with van der Waals surface area (Å²) in [5, 5.41) is 2.74. The number of carbonyl (C=O) groups is 2. The summed E-state index contributed by atoms with van der Waals surface area (Å²) in [4.78, 5) is 24.2. The summed E-state index contributed by atoms with van der Waals surface area (Å²) in [5.41, 5.74) is 2.43. The van der Waals surface area contributed by atoms with E-state index in [-0.39, 0.29) is 12.5 Å². The highest BCUT2D eigenvalue weighted by molar-refractivity contribution is 5.91. The second-order valence-corrected chi connectivity index (χ2v) is 6.83. The van der Waals surface area contributed by atoms with Gasteiger partial charge in [0.15, 0.2) is 6.61 Å². The maximum atomic E-state index is 12.3. The van der Waals surface area contributed by atoms with Crippen LogP contribution in [0.5, 0.6) is 11.5 Å². The second-order valence-electron chi connectivity index (χ2n) is 6.83. The van der Waals surface area contributed by atoms with Crippen LogP contribution in [0.2, 0.25) is 0 Å². The van der Waals surface area contributed by atoms with E-state index in [1.807, 2.05) is 54.6 Å². The van der Waals surface area contributed by atoms with Gasteiger partial charge >= 0.3 is 5.97 Å². The minimum atomic E-state index is -0.574. The van der Waals surface area contributed by atoms with Crippen LogP contribution < -0.4 is 14.8 Å². The zero-order chi connectivity index (χ0) is 21.9. The molecule has 0 heterocycles. The first kappa shape index (κ1) is 21.9. The van der Waals surface area contributed by atoms with Crippen molar-refractivity contribution in [1.82, 2.24) is 5.32 Å². The molecule has 3 rings (SSSR count). The highest BCUT2D eigenvalue weighted by Crippen LogP contribution is 2.16. The standard InChI is InChI=1S/C25H25NO5/c1-29-22-12-10-19(11-13-22)14-15-26-24(27)18-31-25(28)21-8-5-9-23(16-21)30-17-20-6-3-2-4-7-20/h2-13,16H,14-15,17-18H2,1H3,(H,26,27). The van der Waals surface area contributed by atoms with Crippen molar-refractivity contribution in [2.75, 3.05) is 20.3 Å². The van der Waals surface area contributed by atoms with Crippen molar-refractivity contribution in [1.29, 1.82) is 0 Å². The Balaban J connectivity index is 1.40. The summed E-state index contributed by atoms with van der Waals surface area (Å²) in [7, 11) is 1.62. The van der Waals surface area contributed by atoms with Gasteiger partial charge < -0.3 is 19.5 Å². The zero-order valence-electron chi connectivity index (χ0n) is 17.4. The number of amides is 1. The fraction of sp³-hybridized carbons (Fsp3) is 0.200. The minimum Gasteiger partial charge on any atom is -0.497 e. The molecule has 31 heavy (non-hydrogen) atoms. The van der Waals surface area contributed by atoms with Crippen LogP contribution in [0.15, 0.2) is 78.9 Å². The van der Waals surface area contributed by atoms with E-state index in [0.29, 0.717) is 30.9 Å². The van der Waals surface area contributed by atoms with Gasteiger partial charge in [0.2, 0.25) is 0 Å². The maximum absolute atomic E-state index is 12.3. The van der Waals surface area contributed by atoms with E-state index >= 15 is 0 Å². The lowest BCUT2D eigenvalue weighted by molar-refractivity contribution is -0.124. The van der Waals surface area contributed by atoms with Crippen molar-refractivity contribution >= 4 is 11.9 Å². The van der Waals surface area contributed by atoms with Crippen LogP contribution in [-0.4, -0.2) is 32.1 Å². The number of esters is 1. The highest BCUT2D eigenvalue weighted by Gasteiger charge is 2.11. The number of hydrogen-bond acceptors (Lipinski definition) is 5. The first-order valence-corrected chi connectivity index (χ1v) is 9.97. The van der Waals surface area contributed by atoms with E-state index in [2.05, 4.69) is 5.32 Å². The lowest BCUT2D eigenvalue weighted by Crippen LogP contribution is -2.30. The fourth-order valence-corrected chi connectivity index (χ4v) is 2.86. The number of nitrogens with one attached hydrogen (secondary N) is 1. The van der Waals surface area contributed by atoms with Crippen molar-refractivity contribution < 1.29 is 23.8 Å². The average molecular weight is 419 g/mol. The summed E-state index contributed by atoms with van der Waals surface area (Å²) in [6.07, 6.45) is 0.671. The van der Waals surface area contributed by atoms with Crippen LogP contribution in [0.25, 0.3) is 0 Å². The molecule has 0 bridgehead atoms. The molecular weight excluding hydrogens is 394 g/mol. The van der Waals surface area contributed by atoms with Crippen LogP contribution >= 0.6 is 0 Å². The van der Waals surface area contributed by atoms with Crippen molar-refractivity contribution in [3.05, 3.63) is 95.6 Å². The van der Waals surface area contributed by atoms with Crippen LogP contribution in [-0.2, 0) is 22.6 Å². The number of rotatable bonds is 10. The third-order valence-electron chi connectivity index (χ3n) is 4.55. The lowest BCUT2D eigenvalue weighted by atomic mass is 10.1. The molecule has 0 saturated heterocycles. The number of benzene rings is 3. The predicted molar refractivity (Wildman–Crippen MR) is 117 cm³/mol. The number of hydrogen-bond donors (Lipinski definition) is 1. The van der Waals surface area contributed by atoms with E-state index in [1.165, 1.54) is 0 Å². The van der Waals surface area contributed by atoms with E-state index in [4.69, 9.17) is 14.2 Å². The van der Waals surface area contributed by atoms with Gasteiger partial charge in [0.05, 0.1) is 12.7 Å². The van der Waals surface area contributed by atoms with Gasteiger partial charge in [0.25, 0.3) is 5.91 Å². The number of methoxy groups -OCH3 is 1. The largest absolute Gasteiger partial charge is 0.497 e. The average Bonchev–Trinajstić information content (AvgIpc) is 2.82. The maximum Gasteiger partial charge on any atom is 0.338 e. The molecule has 6 heteroatoms. The third-order valence-corrected chi connectivity index (χ3v) is 4.55. The first-order chi connectivity index (χ1) is 15.1. The molecule has 0 radical (unpaired) electrons. The van der Waals surface area contributed by atoms with Gasteiger partial charge in [-0.05, 0) is 47.9 Å². The molecular formula is C25H25NO5. The Kier molecular flexibility index (Phi) is 8.05. The molecule has 1 N–H and O–H groups in total. The summed E-state index contributed by atoms with van der Waals surface area (Å²) < 4.78 is 16.0. The van der Waals surface area contributed by atoms with E-state index in [9.17, 15) is 9.59 Å². The van der Waals surface area contributed by atoms with Crippen molar-refractivity contribution in [2.24, 2.45) is 0 Å². The molecule has 0 saturated carbocycles. The Bertz CT molecular complexity index is 986. The van der Waals surface area contributed by atoms with Crippen molar-refractivity contribution in [2.45, 2.75) is 13.0 Å². The van der Waals surface area contributed by atoms with Crippen molar-refractivity contribution in [3.63, 3.8) is 0 Å². The summed E-state index contributed by atoms with van der Waals surface area (Å²) >= 11 is 0. The van der Waals surface area contributed by atoms with Crippen LogP contribution in [0.1, 0.15) is 21.5 Å². The minimum absolute atomic E-state index is 0.330. The van der Waals surface area contributed by atoms with Gasteiger partial charge in [-0.3, -0.25) is 4.79 Å². The third kappa shape index (κ3) is 7.19. The quantitative estimate of drug-likeness (QED) is 0.506. The highest BCUT2D eigenvalue weighted by atomic mass is 16.5. The van der Waals surface area contributed by atoms with Crippen LogP contribution in [0, 0.1) is 0 Å². The molecule has 3 aromatic rings. The Morgan fingerprint density at radius 3 is 2.35 bits per heavy atom. The van der Waals surface area contributed by atoms with Crippen LogP contribution in [0.3, 0.4) is 0 Å². The Hall–Kier alpha value is -3.80. The molecule has 0 spiro atoms.